The molecule has 1 N–H and O–H groups in total. The summed E-state index contributed by atoms with van der Waals surface area (Å²) < 4.78 is 128. The Labute approximate surface area is 107 Å². The van der Waals surface area contributed by atoms with Crippen LogP contribution in [0.25, 0.3) is 0 Å². The first-order valence-electron chi connectivity index (χ1n) is 3.69. The first-order chi connectivity index (χ1) is 8.11. The van der Waals surface area contributed by atoms with Gasteiger partial charge < -0.3 is 4.55 Å². The van der Waals surface area contributed by atoms with E-state index in [1.165, 1.54) is 0 Å². The highest BCUT2D eigenvalue weighted by Crippen LogP contribution is 2.49. The number of hydrogen-bond donors (Lipinski definition) is 1. The van der Waals surface area contributed by atoms with Gasteiger partial charge in [-0.05, 0) is 0 Å². The molecule has 0 amide bonds. The van der Waals surface area contributed by atoms with Gasteiger partial charge in [-0.1, -0.05) is 0 Å². The first-order valence-corrected chi connectivity index (χ1v) is 7.81. The Bertz CT molecular complexity index is 503. The lowest BCUT2D eigenvalue weighted by Crippen LogP contribution is -2.61. The highest BCUT2D eigenvalue weighted by molar-refractivity contribution is 8.00. The molecule has 0 aromatic carbocycles. The zero-order valence-electron chi connectivity index (χ0n) is 8.53. The van der Waals surface area contributed by atoms with Crippen LogP contribution in [0.5, 0.6) is 0 Å². The molecule has 0 saturated carbocycles. The second kappa shape index (κ2) is 5.27. The van der Waals surface area contributed by atoms with E-state index in [1.807, 2.05) is 0 Å². The fourth-order valence-corrected chi connectivity index (χ4v) is 2.82. The molecule has 6 nitrogen and oxygen atoms in total. The van der Waals surface area contributed by atoms with Crippen LogP contribution in [0.4, 0.5) is 26.3 Å². The second-order valence-corrected chi connectivity index (χ2v) is 6.96. The van der Waals surface area contributed by atoms with Crippen LogP contribution in [0.3, 0.4) is 0 Å². The summed E-state index contributed by atoms with van der Waals surface area (Å²) in [5.74, 6) is -6.61. The molecule has 0 rings (SSSR count). The van der Waals surface area contributed by atoms with Gasteiger partial charge >= 0.3 is 16.4 Å². The lowest BCUT2D eigenvalue weighted by molar-refractivity contribution is -0.242. The maximum absolute atomic E-state index is 12.9. The van der Waals surface area contributed by atoms with E-state index in [-0.39, 0.29) is 10.4 Å². The Morgan fingerprint density at radius 3 is 1.68 bits per heavy atom. The minimum absolute atomic E-state index is 0.00310. The Morgan fingerprint density at radius 2 is 1.42 bits per heavy atom. The quantitative estimate of drug-likeness (QED) is 0.529. The average molecular weight is 356 g/mol. The van der Waals surface area contributed by atoms with Crippen molar-refractivity contribution in [3.8, 4) is 0 Å². The molecule has 2 atom stereocenters. The third kappa shape index (κ3) is 3.09. The van der Waals surface area contributed by atoms with E-state index < -0.39 is 48.5 Å². The van der Waals surface area contributed by atoms with E-state index in [1.54, 1.807) is 0 Å². The molecule has 0 aliphatic rings. The molecule has 0 aromatic rings. The van der Waals surface area contributed by atoms with Gasteiger partial charge in [0.05, 0.1) is 10.8 Å². The molecule has 15 heteroatoms. The number of halogens is 6. The molecular weight excluding hydrogens is 352 g/mol. The number of rotatable bonds is 6. The molecule has 0 fully saturated rings. The SMILES string of the molecule is CS(=O)C(F)(F)C(F)(F)C(F)(F)S(=O)(=O)NS(=O)[O-]. The summed E-state index contributed by atoms with van der Waals surface area (Å²) >= 11 is -3.98. The van der Waals surface area contributed by atoms with Gasteiger partial charge in [0.2, 0.25) is 0 Å². The van der Waals surface area contributed by atoms with Gasteiger partial charge in [0.25, 0.3) is 10.0 Å². The van der Waals surface area contributed by atoms with Crippen LogP contribution in [0.2, 0.25) is 0 Å². The normalized spacial score (nSPS) is 18.1. The standard InChI is InChI=1S/C4H5F6NO5S3/c1-17(12)3(7,8)2(5,6)4(9,10)19(15,16)11-18(13)14/h11H,1H3,(H,13,14)/p-1. The van der Waals surface area contributed by atoms with Gasteiger partial charge in [-0.2, -0.15) is 26.3 Å². The highest BCUT2D eigenvalue weighted by atomic mass is 32.3. The third-order valence-corrected chi connectivity index (χ3v) is 4.94. The fraction of sp³-hybridized carbons (Fsp3) is 1.00. The van der Waals surface area contributed by atoms with E-state index >= 15 is 0 Å². The molecule has 0 aliphatic heterocycles. The van der Waals surface area contributed by atoms with Crippen molar-refractivity contribution in [2.45, 2.75) is 16.4 Å². The van der Waals surface area contributed by atoms with Crippen molar-refractivity contribution in [1.29, 1.82) is 0 Å². The fourth-order valence-electron chi connectivity index (χ4n) is 0.661. The van der Waals surface area contributed by atoms with Crippen LogP contribution >= 0.6 is 0 Å². The third-order valence-electron chi connectivity index (χ3n) is 1.61. The lowest BCUT2D eigenvalue weighted by atomic mass is 10.3. The predicted molar refractivity (Wildman–Crippen MR) is 49.9 cm³/mol. The predicted octanol–water partition coefficient (Wildman–Crippen LogP) is -0.101. The van der Waals surface area contributed by atoms with Crippen LogP contribution in [0, 0.1) is 0 Å². The van der Waals surface area contributed by atoms with Crippen molar-refractivity contribution in [2.24, 2.45) is 0 Å². The molecule has 19 heavy (non-hydrogen) atoms. The number of sulfonamides is 1. The second-order valence-electron chi connectivity index (χ2n) is 2.88. The van der Waals surface area contributed by atoms with E-state index in [0.717, 1.165) is 0 Å². The largest absolute Gasteiger partial charge is 0.759 e. The smallest absolute Gasteiger partial charge is 0.428 e. The summed E-state index contributed by atoms with van der Waals surface area (Å²) in [5.41, 5.74) is 0. The van der Waals surface area contributed by atoms with E-state index in [9.17, 15) is 47.7 Å². The zero-order chi connectivity index (χ0) is 15.9. The van der Waals surface area contributed by atoms with Crippen LogP contribution in [-0.2, 0) is 32.1 Å². The van der Waals surface area contributed by atoms with E-state index in [4.69, 9.17) is 0 Å². The number of hydrogen-bond acceptors (Lipinski definition) is 5. The van der Waals surface area contributed by atoms with Gasteiger partial charge in [-0.25, -0.2) is 8.42 Å². The van der Waals surface area contributed by atoms with Crippen LogP contribution in [-0.4, -0.2) is 44.1 Å². The van der Waals surface area contributed by atoms with Crippen molar-refractivity contribution < 1.29 is 47.7 Å². The molecule has 0 heterocycles. The molecule has 2 unspecified atom stereocenters. The van der Waals surface area contributed by atoms with Crippen LogP contribution in [0.15, 0.2) is 0 Å². The van der Waals surface area contributed by atoms with E-state index in [2.05, 4.69) is 0 Å². The highest BCUT2D eigenvalue weighted by Gasteiger charge is 2.79. The van der Waals surface area contributed by atoms with Gasteiger partial charge in [-0.15, -0.1) is 4.13 Å². The van der Waals surface area contributed by atoms with Crippen LogP contribution in [0.1, 0.15) is 0 Å². The van der Waals surface area contributed by atoms with Crippen molar-refractivity contribution in [2.75, 3.05) is 6.26 Å². The molecule has 0 aliphatic carbocycles. The maximum atomic E-state index is 12.9. The summed E-state index contributed by atoms with van der Waals surface area (Å²) in [7, 11) is -10.5. The summed E-state index contributed by atoms with van der Waals surface area (Å²) in [5, 5.41) is -12.4. The molecule has 0 aromatic heterocycles. The molecule has 116 valence electrons. The number of alkyl halides is 6. The molecule has 0 bridgehead atoms. The van der Waals surface area contributed by atoms with Crippen LogP contribution < -0.4 is 4.13 Å². The summed E-state index contributed by atoms with van der Waals surface area (Å²) in [4.78, 5) is 0. The van der Waals surface area contributed by atoms with Gasteiger partial charge in [0.15, 0.2) is 0 Å². The van der Waals surface area contributed by atoms with E-state index in [0.29, 0.717) is 0 Å². The molecule has 0 saturated heterocycles. The molecule has 0 radical (unpaired) electrons. The molecule has 0 spiro atoms. The Balaban J connectivity index is 5.91. The maximum Gasteiger partial charge on any atom is 0.428 e. The Morgan fingerprint density at radius 1 is 1.05 bits per heavy atom. The topological polar surface area (TPSA) is 103 Å². The van der Waals surface area contributed by atoms with Gasteiger partial charge in [-0.3, -0.25) is 8.42 Å². The lowest BCUT2D eigenvalue weighted by Gasteiger charge is -2.30. The van der Waals surface area contributed by atoms with Crippen molar-refractivity contribution >= 4 is 32.1 Å². The summed E-state index contributed by atoms with van der Waals surface area (Å²) in [6, 6.07) is 0. The Kier molecular flexibility index (Phi) is 5.20. The first kappa shape index (κ1) is 18.8. The van der Waals surface area contributed by atoms with Crippen molar-refractivity contribution in [1.82, 2.24) is 4.13 Å². The van der Waals surface area contributed by atoms with Crippen molar-refractivity contribution in [3.05, 3.63) is 0 Å². The minimum Gasteiger partial charge on any atom is -0.759 e. The van der Waals surface area contributed by atoms with Crippen molar-refractivity contribution in [3.63, 3.8) is 0 Å². The summed E-state index contributed by atoms with van der Waals surface area (Å²) in [6.07, 6.45) is -0.0597. The minimum atomic E-state index is -6.69. The van der Waals surface area contributed by atoms with Gasteiger partial charge in [0, 0.05) is 17.5 Å². The monoisotopic (exact) mass is 356 g/mol. The molecular formula is C4H4F6NO5S3-. The average Bonchev–Trinajstić information content (AvgIpc) is 2.14. The van der Waals surface area contributed by atoms with Gasteiger partial charge in [0.1, 0.15) is 0 Å². The number of nitrogens with one attached hydrogen (secondary N) is 1. The zero-order valence-corrected chi connectivity index (χ0v) is 11.0. The summed E-state index contributed by atoms with van der Waals surface area (Å²) in [6.45, 7) is 0. The Hall–Kier alpha value is -0.250.